The van der Waals surface area contributed by atoms with E-state index in [1.54, 1.807) is 17.1 Å². The van der Waals surface area contributed by atoms with Gasteiger partial charge in [0, 0.05) is 31.8 Å². The molecule has 62 valence electrons. The molecule has 0 spiro atoms. The second kappa shape index (κ2) is 2.60. The van der Waals surface area contributed by atoms with Gasteiger partial charge in [-0.15, -0.1) is 0 Å². The van der Waals surface area contributed by atoms with E-state index in [0.29, 0.717) is 5.11 Å². The second-order valence-electron chi connectivity index (χ2n) is 2.47. The summed E-state index contributed by atoms with van der Waals surface area (Å²) in [6.07, 6.45) is 9.05. The molecule has 12 heavy (non-hydrogen) atoms. The zero-order chi connectivity index (χ0) is 8.55. The smallest absolute Gasteiger partial charge is 0.204 e. The molecule has 0 aliphatic heterocycles. The average molecular weight is 180 g/mol. The van der Waals surface area contributed by atoms with E-state index in [2.05, 4.69) is 4.98 Å². The first kappa shape index (κ1) is 7.30. The summed E-state index contributed by atoms with van der Waals surface area (Å²) in [6.45, 7) is 0. The second-order valence-corrected chi connectivity index (χ2v) is 2.83. The number of nitrogens with zero attached hydrogens (tertiary/aromatic N) is 4. The summed E-state index contributed by atoms with van der Waals surface area (Å²) in [7, 11) is 1.93. The first-order valence-corrected chi connectivity index (χ1v) is 3.92. The highest BCUT2D eigenvalue weighted by Crippen LogP contribution is 1.96. The summed E-state index contributed by atoms with van der Waals surface area (Å²) in [6, 6.07) is 0. The third-order valence-electron chi connectivity index (χ3n) is 1.68. The van der Waals surface area contributed by atoms with Gasteiger partial charge in [-0.25, -0.2) is 9.67 Å². The Bertz CT molecular complexity index is 381. The van der Waals surface area contributed by atoms with Gasteiger partial charge < -0.3 is 0 Å². The molecule has 4 nitrogen and oxygen atoms in total. The van der Waals surface area contributed by atoms with E-state index in [-0.39, 0.29) is 0 Å². The first-order chi connectivity index (χ1) is 5.79. The van der Waals surface area contributed by atoms with Crippen molar-refractivity contribution >= 4 is 17.3 Å². The van der Waals surface area contributed by atoms with Gasteiger partial charge in [0.15, 0.2) is 0 Å². The minimum absolute atomic E-state index is 0.706. The van der Waals surface area contributed by atoms with Crippen LogP contribution in [-0.4, -0.2) is 24.0 Å². The topological polar surface area (TPSA) is 27.7 Å². The highest BCUT2D eigenvalue weighted by Gasteiger charge is 2.03. The molecule has 0 aliphatic carbocycles. The Kier molecular flexibility index (Phi) is 1.58. The molecule has 5 heteroatoms. The number of imidazole rings is 1. The van der Waals surface area contributed by atoms with E-state index < -0.39 is 0 Å². The molecule has 0 amide bonds. The number of aromatic nitrogens is 4. The fourth-order valence-corrected chi connectivity index (χ4v) is 1.25. The Morgan fingerprint density at radius 3 is 2.58 bits per heavy atom. The van der Waals surface area contributed by atoms with Crippen molar-refractivity contribution in [1.29, 1.82) is 0 Å². The standard InChI is InChI=1S/C7H8N4S/c1-9-4-5-11(9)7(12)10-3-2-8-6-10/h2-6H,1H3. The van der Waals surface area contributed by atoms with Crippen LogP contribution in [0.25, 0.3) is 0 Å². The van der Waals surface area contributed by atoms with Crippen molar-refractivity contribution in [2.75, 3.05) is 0 Å². The van der Waals surface area contributed by atoms with Gasteiger partial charge in [0.25, 0.3) is 0 Å². The molecule has 2 aromatic heterocycles. The Morgan fingerprint density at radius 2 is 2.17 bits per heavy atom. The number of hydrogen-bond donors (Lipinski definition) is 0. The van der Waals surface area contributed by atoms with Crippen LogP contribution >= 0.6 is 12.2 Å². The van der Waals surface area contributed by atoms with Crippen molar-refractivity contribution in [2.24, 2.45) is 7.05 Å². The van der Waals surface area contributed by atoms with Crippen molar-refractivity contribution in [2.45, 2.75) is 0 Å². The molecule has 2 aromatic rings. The largest absolute Gasteiger partial charge is 0.288 e. The van der Waals surface area contributed by atoms with Crippen molar-refractivity contribution in [3.63, 3.8) is 0 Å². The van der Waals surface area contributed by atoms with Crippen molar-refractivity contribution in [1.82, 2.24) is 18.9 Å². The molecule has 0 saturated heterocycles. The van der Waals surface area contributed by atoms with Gasteiger partial charge in [0.05, 0.1) is 0 Å². The molecule has 0 aliphatic rings. The quantitative estimate of drug-likeness (QED) is 0.558. The van der Waals surface area contributed by atoms with Crippen LogP contribution in [0.3, 0.4) is 0 Å². The van der Waals surface area contributed by atoms with Crippen LogP contribution < -0.4 is 0 Å². The molecular weight excluding hydrogens is 172 g/mol. The molecule has 0 radical (unpaired) electrons. The normalized spacial score (nSPS) is 10.4. The van der Waals surface area contributed by atoms with Crippen LogP contribution in [0.15, 0.2) is 31.1 Å². The van der Waals surface area contributed by atoms with Gasteiger partial charge in [-0.05, 0) is 12.2 Å². The monoisotopic (exact) mass is 180 g/mol. The Morgan fingerprint density at radius 1 is 1.33 bits per heavy atom. The van der Waals surface area contributed by atoms with Crippen molar-refractivity contribution in [3.8, 4) is 0 Å². The van der Waals surface area contributed by atoms with Crippen LogP contribution in [0.5, 0.6) is 0 Å². The predicted octanol–water partition coefficient (Wildman–Crippen LogP) is 0.704. The van der Waals surface area contributed by atoms with Crippen molar-refractivity contribution < 1.29 is 0 Å². The maximum atomic E-state index is 5.18. The lowest BCUT2D eigenvalue weighted by Gasteiger charge is -2.17. The Hall–Kier alpha value is -1.36. The Labute approximate surface area is 75.0 Å². The highest BCUT2D eigenvalue weighted by atomic mass is 32.1. The molecule has 0 aromatic carbocycles. The van der Waals surface area contributed by atoms with Crippen LogP contribution in [-0.2, 0) is 7.05 Å². The molecule has 0 bridgehead atoms. The Balaban J connectivity index is 2.31. The van der Waals surface area contributed by atoms with Crippen LogP contribution in [0.1, 0.15) is 0 Å². The average Bonchev–Trinajstić information content (AvgIpc) is 2.53. The molecule has 0 fully saturated rings. The van der Waals surface area contributed by atoms with Gasteiger partial charge in [-0.3, -0.25) is 9.25 Å². The third-order valence-corrected chi connectivity index (χ3v) is 2.08. The molecule has 2 rings (SSSR count). The zero-order valence-corrected chi connectivity index (χ0v) is 7.40. The fraction of sp³-hybridized carbons (Fsp3) is 0.143. The van der Waals surface area contributed by atoms with E-state index in [1.807, 2.05) is 35.0 Å². The summed E-state index contributed by atoms with van der Waals surface area (Å²) >= 11 is 5.18. The molecule has 0 unspecified atom stereocenters. The van der Waals surface area contributed by atoms with Gasteiger partial charge in [0.1, 0.15) is 6.33 Å². The zero-order valence-electron chi connectivity index (χ0n) is 6.58. The number of thiocarbonyl (C=S) groups is 1. The maximum absolute atomic E-state index is 5.18. The van der Waals surface area contributed by atoms with Crippen LogP contribution in [0, 0.1) is 0 Å². The summed E-state index contributed by atoms with van der Waals surface area (Å²) in [5.41, 5.74) is 0. The molecule has 0 atom stereocenters. The van der Waals surface area contributed by atoms with E-state index >= 15 is 0 Å². The minimum Gasteiger partial charge on any atom is -0.288 e. The lowest BCUT2D eigenvalue weighted by molar-refractivity contribution is 0.607. The van der Waals surface area contributed by atoms with E-state index in [0.717, 1.165) is 0 Å². The number of hydrogen-bond acceptors (Lipinski definition) is 2. The van der Waals surface area contributed by atoms with E-state index in [4.69, 9.17) is 12.2 Å². The van der Waals surface area contributed by atoms with Crippen LogP contribution in [0.4, 0.5) is 0 Å². The van der Waals surface area contributed by atoms with E-state index in [9.17, 15) is 0 Å². The lowest BCUT2D eigenvalue weighted by Crippen LogP contribution is -2.27. The van der Waals surface area contributed by atoms with Crippen LogP contribution in [0.2, 0.25) is 0 Å². The minimum atomic E-state index is 0.706. The summed E-state index contributed by atoms with van der Waals surface area (Å²) in [5, 5.41) is 0.706. The van der Waals surface area contributed by atoms with Crippen molar-refractivity contribution in [3.05, 3.63) is 31.1 Å². The SMILES string of the molecule is Cn1ccn1C(=S)n1ccnc1. The highest BCUT2D eigenvalue weighted by molar-refractivity contribution is 7.80. The van der Waals surface area contributed by atoms with E-state index in [1.165, 1.54) is 0 Å². The molecule has 2 heterocycles. The molecular formula is C7H8N4S. The van der Waals surface area contributed by atoms with Gasteiger partial charge in [-0.2, -0.15) is 0 Å². The number of aryl methyl sites for hydroxylation is 1. The summed E-state index contributed by atoms with van der Waals surface area (Å²) in [5.74, 6) is 0. The van der Waals surface area contributed by atoms with Gasteiger partial charge in [0.2, 0.25) is 5.11 Å². The molecule has 0 N–H and O–H groups in total. The number of rotatable bonds is 0. The maximum Gasteiger partial charge on any atom is 0.204 e. The summed E-state index contributed by atoms with van der Waals surface area (Å²) in [4.78, 5) is 3.92. The fourth-order valence-electron chi connectivity index (χ4n) is 0.956. The predicted molar refractivity (Wildman–Crippen MR) is 49.0 cm³/mol. The molecule has 0 saturated carbocycles. The first-order valence-electron chi connectivity index (χ1n) is 3.51. The third kappa shape index (κ3) is 0.984. The lowest BCUT2D eigenvalue weighted by atomic mass is 10.7. The van der Waals surface area contributed by atoms with Gasteiger partial charge >= 0.3 is 0 Å². The van der Waals surface area contributed by atoms with Gasteiger partial charge in [-0.1, -0.05) is 0 Å². The summed E-state index contributed by atoms with van der Waals surface area (Å²) < 4.78 is 5.55.